The first-order valence-corrected chi connectivity index (χ1v) is 13.4. The predicted molar refractivity (Wildman–Crippen MR) is 133 cm³/mol. The van der Waals surface area contributed by atoms with Gasteiger partial charge in [0.05, 0.1) is 29.9 Å². The lowest BCUT2D eigenvalue weighted by molar-refractivity contribution is 0.0525. The summed E-state index contributed by atoms with van der Waals surface area (Å²) in [6, 6.07) is 3.96. The highest BCUT2D eigenvalue weighted by atomic mass is 32.2. The van der Waals surface area contributed by atoms with Crippen molar-refractivity contribution in [2.24, 2.45) is 17.8 Å². The van der Waals surface area contributed by atoms with Gasteiger partial charge in [-0.15, -0.1) is 10.2 Å². The zero-order chi connectivity index (χ0) is 24.7. The molecule has 1 N–H and O–H groups in total. The average Bonchev–Trinajstić information content (AvgIpc) is 3.66. The summed E-state index contributed by atoms with van der Waals surface area (Å²) < 4.78 is 13.0. The first kappa shape index (κ1) is 23.9. The number of thioether (sulfide) groups is 1. The summed E-state index contributed by atoms with van der Waals surface area (Å²) in [6.07, 6.45) is 6.85. The quantitative estimate of drug-likeness (QED) is 0.232. The van der Waals surface area contributed by atoms with Gasteiger partial charge in [0, 0.05) is 11.7 Å². The maximum Gasteiger partial charge on any atom is 0.340 e. The third kappa shape index (κ3) is 4.35. The van der Waals surface area contributed by atoms with E-state index in [2.05, 4.69) is 26.7 Å². The van der Waals surface area contributed by atoms with Crippen LogP contribution in [0.4, 0.5) is 0 Å². The molecule has 2 aliphatic carbocycles. The Morgan fingerprint density at radius 3 is 2.77 bits per heavy atom. The van der Waals surface area contributed by atoms with Gasteiger partial charge in [0.1, 0.15) is 0 Å². The van der Waals surface area contributed by atoms with Crippen molar-refractivity contribution in [3.8, 4) is 11.6 Å². The molecule has 3 aromatic rings. The summed E-state index contributed by atoms with van der Waals surface area (Å²) >= 11 is 1.38. The second-order valence-electron chi connectivity index (χ2n) is 9.79. The van der Waals surface area contributed by atoms with Crippen LogP contribution in [0.2, 0.25) is 0 Å². The van der Waals surface area contributed by atoms with Crippen LogP contribution in [0.3, 0.4) is 0 Å². The van der Waals surface area contributed by atoms with Crippen LogP contribution < -0.4 is 0 Å². The molecule has 0 aliphatic heterocycles. The number of carbonyl (C=O) groups is 2. The molecule has 2 bridgehead atoms. The first-order valence-electron chi connectivity index (χ1n) is 12.4. The maximum absolute atomic E-state index is 13.2. The van der Waals surface area contributed by atoms with Crippen LogP contribution in [0.5, 0.6) is 0 Å². The van der Waals surface area contributed by atoms with Crippen molar-refractivity contribution in [1.82, 2.24) is 19.7 Å². The monoisotopic (exact) mass is 496 g/mol. The van der Waals surface area contributed by atoms with Gasteiger partial charge in [-0.25, -0.2) is 4.79 Å². The highest BCUT2D eigenvalue weighted by molar-refractivity contribution is 7.99. The fourth-order valence-electron chi connectivity index (χ4n) is 6.13. The van der Waals surface area contributed by atoms with Gasteiger partial charge in [0.2, 0.25) is 5.82 Å². The minimum atomic E-state index is -0.409. The molecule has 35 heavy (non-hydrogen) atoms. The van der Waals surface area contributed by atoms with E-state index in [-0.39, 0.29) is 24.2 Å². The molecule has 5 rings (SSSR count). The maximum atomic E-state index is 13.2. The fraction of sp³-hybridized carbons (Fsp3) is 0.538. The van der Waals surface area contributed by atoms with E-state index >= 15 is 0 Å². The number of esters is 1. The Hall–Kier alpha value is -2.81. The lowest BCUT2D eigenvalue weighted by Crippen LogP contribution is -2.23. The van der Waals surface area contributed by atoms with E-state index in [1.165, 1.54) is 37.4 Å². The van der Waals surface area contributed by atoms with E-state index in [0.29, 0.717) is 45.2 Å². The van der Waals surface area contributed by atoms with Crippen molar-refractivity contribution in [3.63, 3.8) is 0 Å². The number of hydrogen-bond acceptors (Lipinski definition) is 7. The molecule has 2 aliphatic rings. The van der Waals surface area contributed by atoms with E-state index in [0.717, 1.165) is 11.8 Å². The van der Waals surface area contributed by atoms with Crippen LogP contribution in [0.15, 0.2) is 28.0 Å². The smallest absolute Gasteiger partial charge is 0.340 e. The van der Waals surface area contributed by atoms with Gasteiger partial charge in [0.15, 0.2) is 16.7 Å². The molecule has 0 radical (unpaired) electrons. The second kappa shape index (κ2) is 9.68. The van der Waals surface area contributed by atoms with E-state index in [1.807, 2.05) is 12.1 Å². The summed E-state index contributed by atoms with van der Waals surface area (Å²) in [4.78, 5) is 28.6. The fourth-order valence-corrected chi connectivity index (χ4v) is 7.03. The molecular weight excluding hydrogens is 464 g/mol. The normalized spacial score (nSPS) is 22.0. The van der Waals surface area contributed by atoms with E-state index in [4.69, 9.17) is 9.15 Å². The van der Waals surface area contributed by atoms with Crippen LogP contribution >= 0.6 is 11.8 Å². The number of aromatic nitrogens is 4. The zero-order valence-corrected chi connectivity index (χ0v) is 21.5. The summed E-state index contributed by atoms with van der Waals surface area (Å²) in [7, 11) is 0. The van der Waals surface area contributed by atoms with Crippen LogP contribution in [0, 0.1) is 31.6 Å². The number of ketones is 1. The number of hydrogen-bond donors (Lipinski definition) is 1. The number of nitrogens with zero attached hydrogens (tertiary/aromatic N) is 3. The van der Waals surface area contributed by atoms with E-state index < -0.39 is 5.97 Å². The Labute approximate surface area is 209 Å². The largest absolute Gasteiger partial charge is 0.462 e. The van der Waals surface area contributed by atoms with Crippen LogP contribution in [0.1, 0.15) is 77.7 Å². The molecule has 3 heterocycles. The van der Waals surface area contributed by atoms with Crippen molar-refractivity contribution in [1.29, 1.82) is 0 Å². The van der Waals surface area contributed by atoms with Crippen LogP contribution in [-0.4, -0.2) is 43.9 Å². The van der Waals surface area contributed by atoms with Gasteiger partial charge < -0.3 is 14.1 Å². The third-order valence-electron chi connectivity index (χ3n) is 7.75. The number of nitrogens with one attached hydrogen (secondary N) is 1. The Morgan fingerprint density at radius 2 is 2.11 bits per heavy atom. The second-order valence-corrected chi connectivity index (χ2v) is 10.7. The van der Waals surface area contributed by atoms with Crippen molar-refractivity contribution in [2.75, 3.05) is 12.4 Å². The molecule has 9 heteroatoms. The molecule has 0 aromatic carbocycles. The summed E-state index contributed by atoms with van der Waals surface area (Å²) in [5, 5.41) is 9.65. The lowest BCUT2D eigenvalue weighted by atomic mass is 9.84. The number of fused-ring (bicyclic) bond motifs is 2. The lowest BCUT2D eigenvalue weighted by Gasteiger charge is -2.30. The van der Waals surface area contributed by atoms with Crippen LogP contribution in [-0.2, 0) is 4.74 Å². The van der Waals surface area contributed by atoms with Gasteiger partial charge in [-0.2, -0.15) is 0 Å². The van der Waals surface area contributed by atoms with Crippen molar-refractivity contribution >= 4 is 23.5 Å². The Morgan fingerprint density at radius 1 is 1.29 bits per heavy atom. The van der Waals surface area contributed by atoms with Crippen molar-refractivity contribution in [3.05, 3.63) is 40.9 Å². The Bertz CT molecular complexity index is 1230. The number of aromatic amines is 1. The summed E-state index contributed by atoms with van der Waals surface area (Å²) in [6.45, 7) is 7.87. The molecule has 186 valence electrons. The molecule has 3 aromatic heterocycles. The van der Waals surface area contributed by atoms with Crippen molar-refractivity contribution < 1.29 is 18.7 Å². The number of H-pyrrole nitrogens is 1. The van der Waals surface area contributed by atoms with Crippen LogP contribution in [0.25, 0.3) is 11.6 Å². The molecule has 4 atom stereocenters. The molecule has 0 unspecified atom stereocenters. The third-order valence-corrected chi connectivity index (χ3v) is 8.70. The van der Waals surface area contributed by atoms with Gasteiger partial charge >= 0.3 is 5.97 Å². The minimum Gasteiger partial charge on any atom is -0.462 e. The summed E-state index contributed by atoms with van der Waals surface area (Å²) in [5.41, 5.74) is 2.15. The molecule has 0 saturated heterocycles. The predicted octanol–water partition coefficient (Wildman–Crippen LogP) is 5.63. The minimum absolute atomic E-state index is 0.0900. The molecular formula is C26H32N4O4S. The number of carbonyl (C=O) groups excluding carboxylic acids is 2. The molecule has 0 amide bonds. The van der Waals surface area contributed by atoms with Gasteiger partial charge in [0.25, 0.3) is 0 Å². The molecule has 8 nitrogen and oxygen atoms in total. The molecule has 2 saturated carbocycles. The van der Waals surface area contributed by atoms with Gasteiger partial charge in [-0.3, -0.25) is 9.36 Å². The summed E-state index contributed by atoms with van der Waals surface area (Å²) in [5.74, 6) is 3.23. The first-order chi connectivity index (χ1) is 16.9. The zero-order valence-electron chi connectivity index (χ0n) is 20.7. The van der Waals surface area contributed by atoms with E-state index in [1.54, 1.807) is 27.0 Å². The Kier molecular flexibility index (Phi) is 6.61. The SMILES string of the molecule is CCOC(=O)c1c(C)[nH]c(C(=O)CSc2nnc(-c3ccco3)n2[C@H](C)[C@@H]2C[C@H]3CC[C@H]2C3)c1C. The number of rotatable bonds is 9. The highest BCUT2D eigenvalue weighted by Crippen LogP contribution is 2.53. The van der Waals surface area contributed by atoms with Crippen molar-refractivity contribution in [2.45, 2.75) is 64.6 Å². The molecule has 0 spiro atoms. The Balaban J connectivity index is 1.39. The van der Waals surface area contributed by atoms with Gasteiger partial charge in [-0.1, -0.05) is 18.2 Å². The van der Waals surface area contributed by atoms with E-state index in [9.17, 15) is 9.59 Å². The number of Topliss-reactive ketones (excluding diaryl/α,β-unsaturated/α-hetero) is 1. The van der Waals surface area contributed by atoms with Gasteiger partial charge in [-0.05, 0) is 82.4 Å². The average molecular weight is 497 g/mol. The molecule has 2 fully saturated rings. The number of ether oxygens (including phenoxy) is 1. The standard InChI is InChI=1S/C26H32N4O4S/c1-5-33-25(32)22-14(2)23(27-15(22)3)20(31)13-35-26-29-28-24(21-7-6-10-34-21)30(26)16(4)19-12-17-8-9-18(19)11-17/h6-7,10,16-19,27H,5,8-9,11-13H2,1-4H3/t16-,17+,18+,19+/m1/s1. The highest BCUT2D eigenvalue weighted by Gasteiger charge is 2.43. The topological polar surface area (TPSA) is 103 Å². The number of furan rings is 1. The number of aryl methyl sites for hydroxylation is 1.